The number of carboxylic acids is 2. The Bertz CT molecular complexity index is 276. The van der Waals surface area contributed by atoms with Crippen LogP contribution in [0.15, 0.2) is 0 Å². The van der Waals surface area contributed by atoms with Gasteiger partial charge in [-0.3, -0.25) is 9.59 Å². The van der Waals surface area contributed by atoms with Gasteiger partial charge in [0.05, 0.1) is 11.3 Å². The molecule has 4 heteroatoms. The maximum atomic E-state index is 11.1. The summed E-state index contributed by atoms with van der Waals surface area (Å²) in [7, 11) is 0. The van der Waals surface area contributed by atoms with E-state index in [2.05, 4.69) is 0 Å². The van der Waals surface area contributed by atoms with Gasteiger partial charge in [0.2, 0.25) is 0 Å². The molecule has 1 unspecified atom stereocenters. The van der Waals surface area contributed by atoms with Gasteiger partial charge in [-0.15, -0.1) is 0 Å². The molecule has 0 radical (unpaired) electrons. The lowest BCUT2D eigenvalue weighted by atomic mass is 9.56. The van der Waals surface area contributed by atoms with E-state index in [-0.39, 0.29) is 5.92 Å². The van der Waals surface area contributed by atoms with Gasteiger partial charge in [0.1, 0.15) is 0 Å². The van der Waals surface area contributed by atoms with Crippen molar-refractivity contribution in [2.75, 3.05) is 0 Å². The average molecular weight is 198 g/mol. The van der Waals surface area contributed by atoms with Crippen molar-refractivity contribution in [1.82, 2.24) is 0 Å². The first-order valence-electron chi connectivity index (χ1n) is 5.01. The second kappa shape index (κ2) is 2.97. The van der Waals surface area contributed by atoms with E-state index < -0.39 is 23.3 Å². The molecule has 1 atom stereocenters. The Morgan fingerprint density at radius 1 is 1.14 bits per heavy atom. The van der Waals surface area contributed by atoms with Gasteiger partial charge in [0.25, 0.3) is 0 Å². The first-order valence-corrected chi connectivity index (χ1v) is 5.01. The number of carboxylic acid groups (broad SMARTS) is 2. The minimum atomic E-state index is -0.819. The summed E-state index contributed by atoms with van der Waals surface area (Å²) in [5, 5.41) is 18.1. The van der Waals surface area contributed by atoms with Crippen molar-refractivity contribution in [2.24, 2.45) is 17.3 Å². The minimum absolute atomic E-state index is 0.216. The van der Waals surface area contributed by atoms with Crippen molar-refractivity contribution in [3.63, 3.8) is 0 Å². The number of hydrogen-bond acceptors (Lipinski definition) is 2. The molecule has 2 bridgehead atoms. The molecule has 3 saturated carbocycles. The molecule has 0 amide bonds. The second-order valence-electron chi connectivity index (χ2n) is 4.57. The summed E-state index contributed by atoms with van der Waals surface area (Å²) in [5.41, 5.74) is -0.724. The highest BCUT2D eigenvalue weighted by molar-refractivity contribution is 5.78. The van der Waals surface area contributed by atoms with Gasteiger partial charge < -0.3 is 10.2 Å². The molecule has 0 spiro atoms. The Balaban J connectivity index is 2.23. The van der Waals surface area contributed by atoms with Gasteiger partial charge >= 0.3 is 11.9 Å². The van der Waals surface area contributed by atoms with Crippen LogP contribution in [0.25, 0.3) is 0 Å². The van der Waals surface area contributed by atoms with Gasteiger partial charge in [-0.1, -0.05) is 0 Å². The summed E-state index contributed by atoms with van der Waals surface area (Å²) in [6, 6.07) is 0. The molecule has 0 aromatic heterocycles. The Morgan fingerprint density at radius 3 is 2.14 bits per heavy atom. The zero-order valence-corrected chi connectivity index (χ0v) is 7.90. The van der Waals surface area contributed by atoms with E-state index in [9.17, 15) is 9.59 Å². The van der Waals surface area contributed by atoms with Gasteiger partial charge in [0.15, 0.2) is 0 Å². The molecule has 0 aromatic rings. The van der Waals surface area contributed by atoms with E-state index in [0.717, 1.165) is 12.8 Å². The molecule has 14 heavy (non-hydrogen) atoms. The SMILES string of the molecule is O=C(O)C1CC2(C(=O)O)CCC1CC2. The van der Waals surface area contributed by atoms with E-state index in [1.807, 2.05) is 0 Å². The molecule has 3 fully saturated rings. The van der Waals surface area contributed by atoms with E-state index in [0.29, 0.717) is 19.3 Å². The summed E-state index contributed by atoms with van der Waals surface area (Å²) < 4.78 is 0. The first kappa shape index (κ1) is 9.49. The van der Waals surface area contributed by atoms with Crippen LogP contribution in [-0.4, -0.2) is 22.2 Å². The first-order chi connectivity index (χ1) is 6.55. The quantitative estimate of drug-likeness (QED) is 0.702. The fraction of sp³-hybridized carbons (Fsp3) is 0.800. The summed E-state index contributed by atoms with van der Waals surface area (Å²) in [6.45, 7) is 0. The second-order valence-corrected chi connectivity index (χ2v) is 4.57. The lowest BCUT2D eigenvalue weighted by molar-refractivity contribution is -0.164. The molecule has 0 aliphatic heterocycles. The molecule has 3 rings (SSSR count). The van der Waals surface area contributed by atoms with E-state index >= 15 is 0 Å². The number of carbonyl (C=O) groups is 2. The number of hydrogen-bond donors (Lipinski definition) is 2. The highest BCUT2D eigenvalue weighted by Gasteiger charge is 2.52. The third kappa shape index (κ3) is 1.21. The Labute approximate surface area is 81.9 Å². The highest BCUT2D eigenvalue weighted by atomic mass is 16.4. The third-order valence-corrected chi connectivity index (χ3v) is 3.94. The molecule has 3 aliphatic rings. The summed E-state index contributed by atoms with van der Waals surface area (Å²) in [4.78, 5) is 22.0. The van der Waals surface area contributed by atoms with Crippen LogP contribution in [0, 0.1) is 17.3 Å². The monoisotopic (exact) mass is 198 g/mol. The largest absolute Gasteiger partial charge is 0.481 e. The van der Waals surface area contributed by atoms with Gasteiger partial charge in [-0.2, -0.15) is 0 Å². The predicted molar refractivity (Wildman–Crippen MR) is 47.8 cm³/mol. The zero-order chi connectivity index (χ0) is 10.3. The maximum absolute atomic E-state index is 11.1. The molecule has 2 N–H and O–H groups in total. The zero-order valence-electron chi connectivity index (χ0n) is 7.90. The lowest BCUT2D eigenvalue weighted by Gasteiger charge is -2.46. The number of fused-ring (bicyclic) bond motifs is 3. The van der Waals surface area contributed by atoms with Crippen molar-refractivity contribution in [1.29, 1.82) is 0 Å². The van der Waals surface area contributed by atoms with Crippen LogP contribution in [-0.2, 0) is 9.59 Å². The predicted octanol–water partition coefficient (Wildman–Crippen LogP) is 1.35. The molecular weight excluding hydrogens is 184 g/mol. The van der Waals surface area contributed by atoms with Gasteiger partial charge in [0, 0.05) is 0 Å². The van der Waals surface area contributed by atoms with Crippen molar-refractivity contribution < 1.29 is 19.8 Å². The average Bonchev–Trinajstić information content (AvgIpc) is 2.19. The van der Waals surface area contributed by atoms with Crippen LogP contribution in [0.3, 0.4) is 0 Å². The Kier molecular flexibility index (Phi) is 2.01. The summed E-state index contributed by atoms with van der Waals surface area (Å²) >= 11 is 0. The molecular formula is C10H14O4. The minimum Gasteiger partial charge on any atom is -0.481 e. The van der Waals surface area contributed by atoms with Crippen molar-refractivity contribution in [3.8, 4) is 0 Å². The highest BCUT2D eigenvalue weighted by Crippen LogP contribution is 2.53. The number of rotatable bonds is 2. The van der Waals surface area contributed by atoms with Crippen molar-refractivity contribution >= 4 is 11.9 Å². The summed E-state index contributed by atoms with van der Waals surface area (Å²) in [6.07, 6.45) is 3.20. The molecule has 3 aliphatic carbocycles. The standard InChI is InChI=1S/C10H14O4/c11-8(12)7-5-10(9(13)14)3-1-6(7)2-4-10/h6-7H,1-5H2,(H,11,12)(H,13,14). The molecule has 0 aromatic carbocycles. The van der Waals surface area contributed by atoms with Crippen LogP contribution >= 0.6 is 0 Å². The van der Waals surface area contributed by atoms with Crippen LogP contribution in [0.1, 0.15) is 32.1 Å². The maximum Gasteiger partial charge on any atom is 0.309 e. The fourth-order valence-electron chi connectivity index (χ4n) is 2.98. The molecule has 0 heterocycles. The van der Waals surface area contributed by atoms with Crippen LogP contribution < -0.4 is 0 Å². The molecule has 0 saturated heterocycles. The summed E-state index contributed by atoms with van der Waals surface area (Å²) in [5.74, 6) is -1.83. The fourth-order valence-corrected chi connectivity index (χ4v) is 2.98. The topological polar surface area (TPSA) is 74.6 Å². The smallest absolute Gasteiger partial charge is 0.309 e. The van der Waals surface area contributed by atoms with Crippen molar-refractivity contribution in [3.05, 3.63) is 0 Å². The van der Waals surface area contributed by atoms with E-state index in [1.165, 1.54) is 0 Å². The normalized spacial score (nSPS) is 40.9. The lowest BCUT2D eigenvalue weighted by Crippen LogP contribution is -2.47. The van der Waals surface area contributed by atoms with Crippen LogP contribution in [0.4, 0.5) is 0 Å². The van der Waals surface area contributed by atoms with Crippen molar-refractivity contribution in [2.45, 2.75) is 32.1 Å². The van der Waals surface area contributed by atoms with Gasteiger partial charge in [-0.05, 0) is 38.0 Å². The Hall–Kier alpha value is -1.06. The van der Waals surface area contributed by atoms with Crippen LogP contribution in [0.5, 0.6) is 0 Å². The molecule has 78 valence electrons. The molecule has 4 nitrogen and oxygen atoms in total. The Morgan fingerprint density at radius 2 is 1.71 bits per heavy atom. The van der Waals surface area contributed by atoms with Crippen LogP contribution in [0.2, 0.25) is 0 Å². The van der Waals surface area contributed by atoms with E-state index in [4.69, 9.17) is 10.2 Å². The van der Waals surface area contributed by atoms with E-state index in [1.54, 1.807) is 0 Å². The third-order valence-electron chi connectivity index (χ3n) is 3.94. The van der Waals surface area contributed by atoms with Gasteiger partial charge in [-0.25, -0.2) is 0 Å². The number of aliphatic carboxylic acids is 2.